The van der Waals surface area contributed by atoms with E-state index >= 15 is 0 Å². The standard InChI is InChI=1S/C17H20OSi/c1-3-12-17(18-19,13-4-2)16-11-7-9-14-8-5-6-10-15(14)16/h3-11H,1-2,12-13H2,19H3. The van der Waals surface area contributed by atoms with Crippen molar-refractivity contribution < 1.29 is 4.43 Å². The molecular weight excluding hydrogens is 248 g/mol. The molecule has 0 amide bonds. The summed E-state index contributed by atoms with van der Waals surface area (Å²) < 4.78 is 6.01. The first-order valence-electron chi connectivity index (χ1n) is 6.52. The molecule has 0 heterocycles. The van der Waals surface area contributed by atoms with E-state index in [0.29, 0.717) is 10.5 Å². The van der Waals surface area contributed by atoms with Crippen LogP contribution in [0.2, 0.25) is 0 Å². The summed E-state index contributed by atoms with van der Waals surface area (Å²) in [6.45, 7) is 7.76. The summed E-state index contributed by atoms with van der Waals surface area (Å²) in [7, 11) is 0.690. The maximum atomic E-state index is 6.01. The molecule has 0 saturated carbocycles. The summed E-state index contributed by atoms with van der Waals surface area (Å²) >= 11 is 0. The van der Waals surface area contributed by atoms with E-state index in [1.807, 2.05) is 12.2 Å². The van der Waals surface area contributed by atoms with Gasteiger partial charge in [-0.3, -0.25) is 0 Å². The van der Waals surface area contributed by atoms with Gasteiger partial charge in [-0.1, -0.05) is 54.6 Å². The molecule has 2 aromatic carbocycles. The van der Waals surface area contributed by atoms with Crippen molar-refractivity contribution in [2.75, 3.05) is 0 Å². The molecule has 0 spiro atoms. The van der Waals surface area contributed by atoms with Crippen molar-refractivity contribution in [1.29, 1.82) is 0 Å². The van der Waals surface area contributed by atoms with Gasteiger partial charge in [0.05, 0.1) is 5.60 Å². The van der Waals surface area contributed by atoms with Gasteiger partial charge in [-0.2, -0.15) is 0 Å². The fraction of sp³-hybridized carbons (Fsp3) is 0.176. The van der Waals surface area contributed by atoms with E-state index < -0.39 is 0 Å². The normalized spacial score (nSPS) is 11.6. The van der Waals surface area contributed by atoms with Crippen molar-refractivity contribution in [2.24, 2.45) is 0 Å². The summed E-state index contributed by atoms with van der Waals surface area (Å²) in [5, 5.41) is 2.50. The Balaban J connectivity index is 2.67. The minimum absolute atomic E-state index is 0.309. The fourth-order valence-corrected chi connectivity index (χ4v) is 3.22. The monoisotopic (exact) mass is 268 g/mol. The molecule has 19 heavy (non-hydrogen) atoms. The van der Waals surface area contributed by atoms with Crippen LogP contribution >= 0.6 is 0 Å². The van der Waals surface area contributed by atoms with Crippen LogP contribution in [0.1, 0.15) is 18.4 Å². The zero-order chi connectivity index (χ0) is 13.7. The number of hydrogen-bond donors (Lipinski definition) is 0. The van der Waals surface area contributed by atoms with Gasteiger partial charge in [-0.15, -0.1) is 13.2 Å². The molecule has 0 fully saturated rings. The van der Waals surface area contributed by atoms with Crippen molar-refractivity contribution >= 4 is 21.3 Å². The highest BCUT2D eigenvalue weighted by Gasteiger charge is 2.30. The third-order valence-corrected chi connectivity index (χ3v) is 4.40. The lowest BCUT2D eigenvalue weighted by Gasteiger charge is -2.33. The Kier molecular flexibility index (Phi) is 4.35. The zero-order valence-electron chi connectivity index (χ0n) is 11.4. The van der Waals surface area contributed by atoms with Gasteiger partial charge in [-0.05, 0) is 29.2 Å². The van der Waals surface area contributed by atoms with Crippen molar-refractivity contribution in [2.45, 2.75) is 18.4 Å². The second kappa shape index (κ2) is 6.00. The van der Waals surface area contributed by atoms with Crippen LogP contribution in [0.25, 0.3) is 10.8 Å². The Labute approximate surface area is 118 Å². The van der Waals surface area contributed by atoms with Gasteiger partial charge in [0, 0.05) is 0 Å². The third kappa shape index (κ3) is 2.55. The number of hydrogen-bond acceptors (Lipinski definition) is 1. The molecule has 0 unspecified atom stereocenters. The molecule has 2 rings (SSSR count). The van der Waals surface area contributed by atoms with Crippen LogP contribution in [0.15, 0.2) is 67.8 Å². The van der Waals surface area contributed by atoms with E-state index in [2.05, 4.69) is 55.6 Å². The lowest BCUT2D eigenvalue weighted by molar-refractivity contribution is 0.0863. The molecule has 1 nitrogen and oxygen atoms in total. The summed E-state index contributed by atoms with van der Waals surface area (Å²) in [4.78, 5) is 0. The molecule has 98 valence electrons. The summed E-state index contributed by atoms with van der Waals surface area (Å²) in [5.74, 6) is 0. The lowest BCUT2D eigenvalue weighted by Crippen LogP contribution is -2.28. The highest BCUT2D eigenvalue weighted by atomic mass is 28.2. The molecule has 0 radical (unpaired) electrons. The van der Waals surface area contributed by atoms with Gasteiger partial charge in [-0.25, -0.2) is 0 Å². The van der Waals surface area contributed by atoms with Gasteiger partial charge in [0.15, 0.2) is 0 Å². The quantitative estimate of drug-likeness (QED) is 0.576. The fourth-order valence-electron chi connectivity index (χ4n) is 2.67. The number of fused-ring (bicyclic) bond motifs is 1. The van der Waals surface area contributed by atoms with Gasteiger partial charge in [0.2, 0.25) is 0 Å². The van der Waals surface area contributed by atoms with Crippen molar-refractivity contribution in [3.8, 4) is 0 Å². The molecule has 2 aromatic rings. The second-order valence-electron chi connectivity index (χ2n) is 4.71. The largest absolute Gasteiger partial charge is 0.418 e. The van der Waals surface area contributed by atoms with Crippen LogP contribution in [-0.4, -0.2) is 10.5 Å². The van der Waals surface area contributed by atoms with Gasteiger partial charge >= 0.3 is 0 Å². The smallest absolute Gasteiger partial charge is 0.147 e. The van der Waals surface area contributed by atoms with Crippen LogP contribution in [-0.2, 0) is 10.0 Å². The zero-order valence-corrected chi connectivity index (χ0v) is 13.4. The molecule has 0 aliphatic carbocycles. The minimum atomic E-state index is -0.309. The lowest BCUT2D eigenvalue weighted by atomic mass is 9.84. The Hall–Kier alpha value is -1.64. The van der Waals surface area contributed by atoms with Gasteiger partial charge < -0.3 is 4.43 Å². The molecule has 0 aliphatic heterocycles. The minimum Gasteiger partial charge on any atom is -0.418 e. The number of rotatable bonds is 6. The average molecular weight is 268 g/mol. The Bertz CT molecular complexity index is 573. The summed E-state index contributed by atoms with van der Waals surface area (Å²) in [6, 6.07) is 14.8. The van der Waals surface area contributed by atoms with E-state index in [1.54, 1.807) is 0 Å². The molecule has 0 aliphatic rings. The Morgan fingerprint density at radius 2 is 1.63 bits per heavy atom. The van der Waals surface area contributed by atoms with E-state index in [4.69, 9.17) is 4.43 Å². The van der Waals surface area contributed by atoms with E-state index in [9.17, 15) is 0 Å². The van der Waals surface area contributed by atoms with Crippen molar-refractivity contribution in [3.05, 3.63) is 73.3 Å². The summed E-state index contributed by atoms with van der Waals surface area (Å²) in [5.41, 5.74) is 0.928. The first-order chi connectivity index (χ1) is 9.27. The SMILES string of the molecule is C=CCC(CC=C)(O[SiH3])c1cccc2ccccc12. The molecule has 2 heteroatoms. The highest BCUT2D eigenvalue weighted by molar-refractivity contribution is 5.98. The second-order valence-corrected chi connectivity index (χ2v) is 5.12. The molecule has 0 saturated heterocycles. The third-order valence-electron chi connectivity index (χ3n) is 3.62. The molecular formula is C17H20OSi. The Morgan fingerprint density at radius 3 is 2.26 bits per heavy atom. The summed E-state index contributed by atoms with van der Waals surface area (Å²) in [6.07, 6.45) is 5.47. The molecule has 0 atom stereocenters. The Morgan fingerprint density at radius 1 is 1.00 bits per heavy atom. The first kappa shape index (κ1) is 13.8. The van der Waals surface area contributed by atoms with Gasteiger partial charge in [0.1, 0.15) is 10.5 Å². The maximum Gasteiger partial charge on any atom is 0.147 e. The maximum absolute atomic E-state index is 6.01. The van der Waals surface area contributed by atoms with Crippen molar-refractivity contribution in [3.63, 3.8) is 0 Å². The van der Waals surface area contributed by atoms with Crippen LogP contribution in [0.4, 0.5) is 0 Å². The average Bonchev–Trinajstić information content (AvgIpc) is 2.46. The van der Waals surface area contributed by atoms with Crippen LogP contribution in [0, 0.1) is 0 Å². The predicted octanol–water partition coefficient (Wildman–Crippen LogP) is 3.48. The highest BCUT2D eigenvalue weighted by Crippen LogP contribution is 2.37. The van der Waals surface area contributed by atoms with E-state index in [1.165, 1.54) is 16.3 Å². The first-order valence-corrected chi connectivity index (χ1v) is 7.34. The van der Waals surface area contributed by atoms with Gasteiger partial charge in [0.25, 0.3) is 0 Å². The van der Waals surface area contributed by atoms with Crippen LogP contribution in [0.5, 0.6) is 0 Å². The molecule has 0 aromatic heterocycles. The predicted molar refractivity (Wildman–Crippen MR) is 86.3 cm³/mol. The topological polar surface area (TPSA) is 9.23 Å². The molecule has 0 N–H and O–H groups in total. The van der Waals surface area contributed by atoms with Crippen molar-refractivity contribution in [1.82, 2.24) is 0 Å². The number of benzene rings is 2. The van der Waals surface area contributed by atoms with E-state index in [-0.39, 0.29) is 5.60 Å². The molecule has 0 bridgehead atoms. The van der Waals surface area contributed by atoms with Crippen LogP contribution in [0.3, 0.4) is 0 Å². The van der Waals surface area contributed by atoms with E-state index in [0.717, 1.165) is 12.8 Å². The van der Waals surface area contributed by atoms with Crippen LogP contribution < -0.4 is 0 Å².